The molecular formula is C17H10ClF3N2O2. The van der Waals surface area contributed by atoms with E-state index < -0.39 is 28.1 Å². The van der Waals surface area contributed by atoms with E-state index in [4.69, 9.17) is 11.6 Å². The van der Waals surface area contributed by atoms with Crippen molar-refractivity contribution in [2.75, 3.05) is 5.32 Å². The lowest BCUT2D eigenvalue weighted by Crippen LogP contribution is -2.22. The van der Waals surface area contributed by atoms with E-state index in [9.17, 15) is 22.8 Å². The zero-order chi connectivity index (χ0) is 18.2. The van der Waals surface area contributed by atoms with Crippen molar-refractivity contribution in [3.05, 3.63) is 75.0 Å². The lowest BCUT2D eigenvalue weighted by Gasteiger charge is -2.12. The van der Waals surface area contributed by atoms with Gasteiger partial charge in [0.1, 0.15) is 5.56 Å². The van der Waals surface area contributed by atoms with Gasteiger partial charge in [0.25, 0.3) is 5.91 Å². The average Bonchev–Trinajstić information content (AvgIpc) is 2.56. The smallest absolute Gasteiger partial charge is 0.360 e. The van der Waals surface area contributed by atoms with Crippen LogP contribution in [0.15, 0.2) is 53.5 Å². The van der Waals surface area contributed by atoms with Gasteiger partial charge in [-0.1, -0.05) is 23.7 Å². The molecule has 4 nitrogen and oxygen atoms in total. The molecule has 0 aliphatic heterocycles. The Bertz CT molecular complexity index is 1030. The average molecular weight is 367 g/mol. The Morgan fingerprint density at radius 1 is 1.12 bits per heavy atom. The quantitative estimate of drug-likeness (QED) is 0.703. The fourth-order valence-electron chi connectivity index (χ4n) is 2.35. The minimum absolute atomic E-state index is 0.116. The first-order valence-electron chi connectivity index (χ1n) is 7.06. The summed E-state index contributed by atoms with van der Waals surface area (Å²) < 4.78 is 38.6. The number of fused-ring (bicyclic) bond motifs is 1. The maximum Gasteiger partial charge on any atom is 0.417 e. The second-order valence-corrected chi connectivity index (χ2v) is 5.63. The summed E-state index contributed by atoms with van der Waals surface area (Å²) in [6.45, 7) is 0. The van der Waals surface area contributed by atoms with Crippen LogP contribution in [-0.2, 0) is 6.18 Å². The summed E-state index contributed by atoms with van der Waals surface area (Å²) in [5.41, 5.74) is -1.36. The van der Waals surface area contributed by atoms with E-state index in [0.29, 0.717) is 10.9 Å². The van der Waals surface area contributed by atoms with E-state index in [1.165, 1.54) is 12.3 Å². The molecule has 8 heteroatoms. The molecule has 3 aromatic rings. The second-order valence-electron chi connectivity index (χ2n) is 5.22. The fraction of sp³-hybridized carbons (Fsp3) is 0.0588. The number of carbonyl (C=O) groups is 1. The maximum atomic E-state index is 12.9. The van der Waals surface area contributed by atoms with E-state index >= 15 is 0 Å². The monoisotopic (exact) mass is 366 g/mol. The van der Waals surface area contributed by atoms with Gasteiger partial charge in [-0.05, 0) is 30.3 Å². The summed E-state index contributed by atoms with van der Waals surface area (Å²) >= 11 is 5.54. The van der Waals surface area contributed by atoms with Crippen LogP contribution < -0.4 is 10.7 Å². The van der Waals surface area contributed by atoms with Crippen LogP contribution in [0, 0.1) is 0 Å². The molecule has 1 heterocycles. The predicted octanol–water partition coefficient (Wildman–Crippen LogP) is 4.45. The van der Waals surface area contributed by atoms with Crippen molar-refractivity contribution < 1.29 is 18.0 Å². The fourth-order valence-corrected chi connectivity index (χ4v) is 2.58. The number of alkyl halides is 3. The number of anilines is 1. The Balaban J connectivity index is 1.96. The highest BCUT2D eigenvalue weighted by Gasteiger charge is 2.33. The highest BCUT2D eigenvalue weighted by molar-refractivity contribution is 6.31. The largest absolute Gasteiger partial charge is 0.417 e. The minimum atomic E-state index is -4.65. The summed E-state index contributed by atoms with van der Waals surface area (Å²) in [6.07, 6.45) is -3.43. The molecule has 0 saturated heterocycles. The van der Waals surface area contributed by atoms with Gasteiger partial charge < -0.3 is 10.3 Å². The van der Waals surface area contributed by atoms with Crippen LogP contribution >= 0.6 is 11.6 Å². The van der Waals surface area contributed by atoms with Gasteiger partial charge in [-0.2, -0.15) is 13.2 Å². The number of nitrogens with one attached hydrogen (secondary N) is 2. The number of aromatic nitrogens is 1. The van der Waals surface area contributed by atoms with Crippen molar-refractivity contribution in [3.8, 4) is 0 Å². The van der Waals surface area contributed by atoms with Gasteiger partial charge in [0.15, 0.2) is 0 Å². The summed E-state index contributed by atoms with van der Waals surface area (Å²) in [5.74, 6) is -0.817. The number of rotatable bonds is 2. The predicted molar refractivity (Wildman–Crippen MR) is 89.0 cm³/mol. The number of benzene rings is 2. The molecule has 2 N–H and O–H groups in total. The number of pyridine rings is 1. The topological polar surface area (TPSA) is 62.0 Å². The molecule has 0 radical (unpaired) electrons. The Morgan fingerprint density at radius 3 is 2.56 bits per heavy atom. The zero-order valence-corrected chi connectivity index (χ0v) is 13.2. The van der Waals surface area contributed by atoms with Crippen LogP contribution in [0.25, 0.3) is 10.9 Å². The molecule has 0 fully saturated rings. The van der Waals surface area contributed by atoms with Crippen molar-refractivity contribution in [3.63, 3.8) is 0 Å². The molecule has 3 rings (SSSR count). The first kappa shape index (κ1) is 17.0. The molecule has 128 valence electrons. The van der Waals surface area contributed by atoms with Crippen LogP contribution in [0.5, 0.6) is 0 Å². The number of para-hydroxylation sites is 1. The zero-order valence-electron chi connectivity index (χ0n) is 12.4. The number of carbonyl (C=O) groups excluding carboxylic acids is 1. The van der Waals surface area contributed by atoms with Crippen molar-refractivity contribution >= 4 is 34.1 Å². The van der Waals surface area contributed by atoms with Crippen molar-refractivity contribution in [2.24, 2.45) is 0 Å². The van der Waals surface area contributed by atoms with Crippen molar-refractivity contribution in [1.29, 1.82) is 0 Å². The van der Waals surface area contributed by atoms with Crippen LogP contribution in [-0.4, -0.2) is 10.9 Å². The maximum absolute atomic E-state index is 12.9. The first-order chi connectivity index (χ1) is 11.8. The van der Waals surface area contributed by atoms with Crippen LogP contribution in [0.3, 0.4) is 0 Å². The summed E-state index contributed by atoms with van der Waals surface area (Å²) in [4.78, 5) is 27.4. The molecule has 0 unspecified atom stereocenters. The molecule has 0 aliphatic rings. The van der Waals surface area contributed by atoms with Crippen molar-refractivity contribution in [1.82, 2.24) is 4.98 Å². The SMILES string of the molecule is O=C(Nc1ccc(Cl)c(C(F)(F)F)c1)c1c[nH]c2ccccc2c1=O. The Labute approximate surface area is 144 Å². The highest BCUT2D eigenvalue weighted by atomic mass is 35.5. The second kappa shape index (κ2) is 6.25. The number of hydrogen-bond donors (Lipinski definition) is 2. The van der Waals surface area contributed by atoms with Crippen LogP contribution in [0.4, 0.5) is 18.9 Å². The van der Waals surface area contributed by atoms with E-state index in [1.807, 2.05) is 0 Å². The van der Waals surface area contributed by atoms with E-state index in [0.717, 1.165) is 12.1 Å². The standard InChI is InChI=1S/C17H10ClF3N2O2/c18-13-6-5-9(7-12(13)17(19,20)21)23-16(25)11-8-22-14-4-2-1-3-10(14)15(11)24/h1-8H,(H,22,24)(H,23,25). The Hall–Kier alpha value is -2.80. The summed E-state index contributed by atoms with van der Waals surface area (Å²) in [7, 11) is 0. The van der Waals surface area contributed by atoms with Gasteiger partial charge in [-0.25, -0.2) is 0 Å². The number of hydrogen-bond acceptors (Lipinski definition) is 2. The third-order valence-electron chi connectivity index (χ3n) is 3.56. The van der Waals surface area contributed by atoms with Gasteiger partial charge in [0.2, 0.25) is 5.43 Å². The molecule has 1 aromatic heterocycles. The van der Waals surface area contributed by atoms with Gasteiger partial charge in [-0.3, -0.25) is 9.59 Å². The molecule has 25 heavy (non-hydrogen) atoms. The number of halogens is 4. The van der Waals surface area contributed by atoms with Crippen LogP contribution in [0.1, 0.15) is 15.9 Å². The molecular weight excluding hydrogens is 357 g/mol. The molecule has 0 spiro atoms. The lowest BCUT2D eigenvalue weighted by atomic mass is 10.1. The van der Waals surface area contributed by atoms with E-state index in [1.54, 1.807) is 24.3 Å². The summed E-state index contributed by atoms with van der Waals surface area (Å²) in [6, 6.07) is 9.57. The molecule has 1 amide bonds. The van der Waals surface area contributed by atoms with E-state index in [2.05, 4.69) is 10.3 Å². The normalized spacial score (nSPS) is 11.5. The van der Waals surface area contributed by atoms with E-state index in [-0.39, 0.29) is 11.3 Å². The van der Waals surface area contributed by atoms with Crippen LogP contribution in [0.2, 0.25) is 5.02 Å². The Kier molecular flexibility index (Phi) is 4.26. The minimum Gasteiger partial charge on any atom is -0.360 e. The van der Waals surface area contributed by atoms with Gasteiger partial charge in [0, 0.05) is 22.8 Å². The van der Waals surface area contributed by atoms with Gasteiger partial charge >= 0.3 is 6.18 Å². The molecule has 0 atom stereocenters. The molecule has 2 aromatic carbocycles. The lowest BCUT2D eigenvalue weighted by molar-refractivity contribution is -0.137. The number of aromatic amines is 1. The Morgan fingerprint density at radius 2 is 1.84 bits per heavy atom. The first-order valence-corrected chi connectivity index (χ1v) is 7.43. The summed E-state index contributed by atoms with van der Waals surface area (Å²) in [5, 5.41) is 2.12. The molecule has 0 saturated carbocycles. The molecule has 0 bridgehead atoms. The highest BCUT2D eigenvalue weighted by Crippen LogP contribution is 2.36. The van der Waals surface area contributed by atoms with Gasteiger partial charge in [0.05, 0.1) is 10.6 Å². The number of H-pyrrole nitrogens is 1. The van der Waals surface area contributed by atoms with Crippen molar-refractivity contribution in [2.45, 2.75) is 6.18 Å². The third kappa shape index (κ3) is 3.36. The number of amides is 1. The molecule has 0 aliphatic carbocycles. The third-order valence-corrected chi connectivity index (χ3v) is 3.89. The van der Waals surface area contributed by atoms with Gasteiger partial charge in [-0.15, -0.1) is 0 Å².